The number of carbonyl (C=O) groups excluding carboxylic acids is 2. The number of amides is 1. The molecule has 3 nitrogen and oxygen atoms in total. The van der Waals surface area contributed by atoms with Crippen LogP contribution in [0.4, 0.5) is 5.69 Å². The number of ketones is 1. The molecular weight excluding hydrogens is 286 g/mol. The molecule has 0 saturated heterocycles. The minimum atomic E-state index is -0.0781. The normalized spacial score (nSPS) is 10.2. The molecule has 0 saturated carbocycles. The maximum atomic E-state index is 11.9. The second-order valence-electron chi connectivity index (χ2n) is 4.81. The number of hydrogen-bond donors (Lipinski definition) is 1. The highest BCUT2D eigenvalue weighted by molar-refractivity contribution is 6.30. The number of rotatable bonds is 5. The third-order valence-electron chi connectivity index (χ3n) is 3.11. The summed E-state index contributed by atoms with van der Waals surface area (Å²) >= 11 is 5.82. The van der Waals surface area contributed by atoms with Crippen molar-refractivity contribution < 1.29 is 9.59 Å². The van der Waals surface area contributed by atoms with Gasteiger partial charge in [0.1, 0.15) is 0 Å². The summed E-state index contributed by atoms with van der Waals surface area (Å²) in [5.41, 5.74) is 2.29. The Kier molecular flexibility index (Phi) is 5.12. The maximum Gasteiger partial charge on any atom is 0.224 e. The molecule has 21 heavy (non-hydrogen) atoms. The summed E-state index contributed by atoms with van der Waals surface area (Å²) in [7, 11) is 0. The first-order valence-electron chi connectivity index (χ1n) is 6.70. The van der Waals surface area contributed by atoms with Crippen molar-refractivity contribution in [3.8, 4) is 0 Å². The number of anilines is 1. The van der Waals surface area contributed by atoms with Crippen LogP contribution in [-0.4, -0.2) is 11.7 Å². The van der Waals surface area contributed by atoms with Gasteiger partial charge in [-0.3, -0.25) is 9.59 Å². The van der Waals surface area contributed by atoms with Gasteiger partial charge in [0, 0.05) is 22.7 Å². The van der Waals surface area contributed by atoms with Crippen LogP contribution in [0.2, 0.25) is 5.02 Å². The van der Waals surface area contributed by atoms with E-state index in [0.29, 0.717) is 29.1 Å². The largest absolute Gasteiger partial charge is 0.326 e. The second kappa shape index (κ2) is 7.04. The lowest BCUT2D eigenvalue weighted by Crippen LogP contribution is -2.12. The number of hydrogen-bond acceptors (Lipinski definition) is 2. The van der Waals surface area contributed by atoms with Crippen molar-refractivity contribution in [3.05, 3.63) is 64.7 Å². The molecular formula is C17H16ClNO2. The summed E-state index contributed by atoms with van der Waals surface area (Å²) in [6.07, 6.45) is 1.03. The van der Waals surface area contributed by atoms with Crippen LogP contribution in [0.15, 0.2) is 48.5 Å². The molecule has 0 atom stereocenters. The average molecular weight is 302 g/mol. The van der Waals surface area contributed by atoms with Crippen molar-refractivity contribution in [1.29, 1.82) is 0 Å². The van der Waals surface area contributed by atoms with Crippen molar-refractivity contribution in [2.75, 3.05) is 5.32 Å². The van der Waals surface area contributed by atoms with Crippen LogP contribution in [0.3, 0.4) is 0 Å². The molecule has 0 aliphatic heterocycles. The fraction of sp³-hybridized carbons (Fsp3) is 0.176. The Hall–Kier alpha value is -2.13. The van der Waals surface area contributed by atoms with E-state index in [-0.39, 0.29) is 11.7 Å². The summed E-state index contributed by atoms with van der Waals surface area (Å²) < 4.78 is 0. The highest BCUT2D eigenvalue weighted by atomic mass is 35.5. The van der Waals surface area contributed by atoms with Gasteiger partial charge in [0.2, 0.25) is 5.91 Å². The highest BCUT2D eigenvalue weighted by Crippen LogP contribution is 2.13. The van der Waals surface area contributed by atoms with Crippen LogP contribution in [-0.2, 0) is 11.2 Å². The summed E-state index contributed by atoms with van der Waals surface area (Å²) in [5, 5.41) is 3.49. The molecule has 2 rings (SSSR count). The van der Waals surface area contributed by atoms with Gasteiger partial charge in [-0.15, -0.1) is 0 Å². The molecule has 0 aromatic heterocycles. The van der Waals surface area contributed by atoms with Crippen molar-refractivity contribution in [1.82, 2.24) is 0 Å². The number of carbonyl (C=O) groups is 2. The van der Waals surface area contributed by atoms with E-state index in [1.54, 1.807) is 24.3 Å². The van der Waals surface area contributed by atoms with Gasteiger partial charge in [-0.1, -0.05) is 35.9 Å². The van der Waals surface area contributed by atoms with Crippen LogP contribution >= 0.6 is 11.6 Å². The lowest BCUT2D eigenvalue weighted by Gasteiger charge is -2.06. The highest BCUT2D eigenvalue weighted by Gasteiger charge is 2.05. The van der Waals surface area contributed by atoms with E-state index in [9.17, 15) is 9.59 Å². The van der Waals surface area contributed by atoms with Gasteiger partial charge in [-0.05, 0) is 43.2 Å². The van der Waals surface area contributed by atoms with Crippen LogP contribution < -0.4 is 5.32 Å². The number of aryl methyl sites for hydroxylation is 1. The predicted molar refractivity (Wildman–Crippen MR) is 84.8 cm³/mol. The number of Topliss-reactive ketones (excluding diaryl/α,β-unsaturated/α-hetero) is 1. The molecule has 0 aliphatic rings. The van der Waals surface area contributed by atoms with Gasteiger partial charge in [0.25, 0.3) is 0 Å². The molecule has 1 amide bonds. The van der Waals surface area contributed by atoms with Crippen molar-refractivity contribution in [2.24, 2.45) is 0 Å². The smallest absolute Gasteiger partial charge is 0.224 e. The first-order chi connectivity index (χ1) is 10.0. The Morgan fingerprint density at radius 2 is 1.81 bits per heavy atom. The SMILES string of the molecule is CC(=O)c1cccc(NC(=O)CCc2ccc(Cl)cc2)c1. The van der Waals surface area contributed by atoms with Crippen molar-refractivity contribution in [3.63, 3.8) is 0 Å². The predicted octanol–water partition coefficient (Wildman–Crippen LogP) is 4.11. The molecule has 0 spiro atoms. The Morgan fingerprint density at radius 1 is 1.10 bits per heavy atom. The van der Waals surface area contributed by atoms with E-state index in [1.165, 1.54) is 6.92 Å². The molecule has 2 aromatic carbocycles. The lowest BCUT2D eigenvalue weighted by molar-refractivity contribution is -0.116. The topological polar surface area (TPSA) is 46.2 Å². The van der Waals surface area contributed by atoms with Gasteiger partial charge in [0.05, 0.1) is 0 Å². The Morgan fingerprint density at radius 3 is 2.48 bits per heavy atom. The van der Waals surface area contributed by atoms with Gasteiger partial charge >= 0.3 is 0 Å². The van der Waals surface area contributed by atoms with Gasteiger partial charge in [-0.25, -0.2) is 0 Å². The van der Waals surface area contributed by atoms with Gasteiger partial charge in [-0.2, -0.15) is 0 Å². The van der Waals surface area contributed by atoms with Gasteiger partial charge < -0.3 is 5.32 Å². The molecule has 108 valence electrons. The number of halogens is 1. The standard InChI is InChI=1S/C17H16ClNO2/c1-12(20)14-3-2-4-16(11-14)19-17(21)10-7-13-5-8-15(18)9-6-13/h2-6,8-9,11H,7,10H2,1H3,(H,19,21). The van der Waals surface area contributed by atoms with E-state index < -0.39 is 0 Å². The molecule has 2 aromatic rings. The molecule has 0 unspecified atom stereocenters. The van der Waals surface area contributed by atoms with E-state index >= 15 is 0 Å². The number of nitrogens with one attached hydrogen (secondary N) is 1. The summed E-state index contributed by atoms with van der Waals surface area (Å²) in [5.74, 6) is -0.0992. The van der Waals surface area contributed by atoms with Crippen LogP contribution in [0.5, 0.6) is 0 Å². The lowest BCUT2D eigenvalue weighted by atomic mass is 10.1. The van der Waals surface area contributed by atoms with Gasteiger partial charge in [0.15, 0.2) is 5.78 Å². The second-order valence-corrected chi connectivity index (χ2v) is 5.25. The van der Waals surface area contributed by atoms with E-state index in [4.69, 9.17) is 11.6 Å². The summed E-state index contributed by atoms with van der Waals surface area (Å²) in [6, 6.07) is 14.4. The zero-order valence-electron chi connectivity index (χ0n) is 11.7. The zero-order chi connectivity index (χ0) is 15.2. The zero-order valence-corrected chi connectivity index (χ0v) is 12.5. The third kappa shape index (κ3) is 4.72. The third-order valence-corrected chi connectivity index (χ3v) is 3.36. The molecule has 0 fully saturated rings. The number of benzene rings is 2. The summed E-state index contributed by atoms with van der Waals surface area (Å²) in [6.45, 7) is 1.50. The van der Waals surface area contributed by atoms with E-state index in [2.05, 4.69) is 5.32 Å². The molecule has 0 bridgehead atoms. The Labute approximate surface area is 128 Å². The molecule has 0 radical (unpaired) electrons. The first-order valence-corrected chi connectivity index (χ1v) is 7.08. The summed E-state index contributed by atoms with van der Waals surface area (Å²) in [4.78, 5) is 23.2. The van der Waals surface area contributed by atoms with E-state index in [0.717, 1.165) is 5.56 Å². The van der Waals surface area contributed by atoms with Crippen molar-refractivity contribution in [2.45, 2.75) is 19.8 Å². The van der Waals surface area contributed by atoms with Crippen LogP contribution in [0.25, 0.3) is 0 Å². The Balaban J connectivity index is 1.91. The van der Waals surface area contributed by atoms with Crippen LogP contribution in [0, 0.1) is 0 Å². The minimum Gasteiger partial charge on any atom is -0.326 e. The van der Waals surface area contributed by atoms with Crippen molar-refractivity contribution >= 4 is 29.0 Å². The van der Waals surface area contributed by atoms with Crippen LogP contribution in [0.1, 0.15) is 29.3 Å². The maximum absolute atomic E-state index is 11.9. The average Bonchev–Trinajstić information content (AvgIpc) is 2.47. The molecule has 0 heterocycles. The quantitative estimate of drug-likeness (QED) is 0.845. The fourth-order valence-electron chi connectivity index (χ4n) is 1.95. The fourth-order valence-corrected chi connectivity index (χ4v) is 2.07. The van der Waals surface area contributed by atoms with E-state index in [1.807, 2.05) is 24.3 Å². The molecule has 0 aliphatic carbocycles. The molecule has 1 N–H and O–H groups in total. The minimum absolute atomic E-state index is 0.0211. The Bertz CT molecular complexity index is 650. The molecule has 4 heteroatoms. The first kappa shape index (κ1) is 15.3. The monoisotopic (exact) mass is 301 g/mol.